The highest BCUT2D eigenvalue weighted by molar-refractivity contribution is 7.99. The summed E-state index contributed by atoms with van der Waals surface area (Å²) in [4.78, 5) is 13.2. The molecule has 0 saturated carbocycles. The van der Waals surface area contributed by atoms with Gasteiger partial charge in [-0.25, -0.2) is 9.69 Å². The number of halogens is 1. The average molecular weight is 417 g/mol. The van der Waals surface area contributed by atoms with Gasteiger partial charge >= 0.3 is 0 Å². The summed E-state index contributed by atoms with van der Waals surface area (Å²) in [6.07, 6.45) is 0. The SMILES string of the molecule is COc1ccccc1C(=O)N1CCSc2nnc(COc3cccc(Cl)c3)n21. The second kappa shape index (κ2) is 8.12. The van der Waals surface area contributed by atoms with Crippen molar-refractivity contribution in [3.8, 4) is 11.5 Å². The second-order valence-electron chi connectivity index (χ2n) is 5.93. The van der Waals surface area contributed by atoms with Gasteiger partial charge in [-0.1, -0.05) is 41.6 Å². The Bertz CT molecular complexity index is 1010. The number of thioether (sulfide) groups is 1. The molecule has 0 atom stereocenters. The van der Waals surface area contributed by atoms with E-state index in [0.29, 0.717) is 39.6 Å². The summed E-state index contributed by atoms with van der Waals surface area (Å²) in [7, 11) is 1.55. The quantitative estimate of drug-likeness (QED) is 0.635. The number of methoxy groups -OCH3 is 1. The van der Waals surface area contributed by atoms with Gasteiger partial charge in [-0.05, 0) is 30.3 Å². The van der Waals surface area contributed by atoms with Gasteiger partial charge in [0.1, 0.15) is 18.1 Å². The van der Waals surface area contributed by atoms with Crippen LogP contribution in [0, 0.1) is 0 Å². The predicted octanol–water partition coefficient (Wildman–Crippen LogP) is 3.40. The third kappa shape index (κ3) is 3.65. The van der Waals surface area contributed by atoms with Crippen LogP contribution >= 0.6 is 23.4 Å². The molecule has 1 amide bonds. The van der Waals surface area contributed by atoms with Crippen LogP contribution in [0.2, 0.25) is 5.02 Å². The van der Waals surface area contributed by atoms with Gasteiger partial charge in [0.15, 0.2) is 5.82 Å². The smallest absolute Gasteiger partial charge is 0.276 e. The molecule has 1 aliphatic heterocycles. The van der Waals surface area contributed by atoms with Gasteiger partial charge in [0.2, 0.25) is 5.16 Å². The third-order valence-electron chi connectivity index (χ3n) is 4.19. The molecule has 0 saturated heterocycles. The van der Waals surface area contributed by atoms with E-state index in [1.54, 1.807) is 52.8 Å². The first-order valence-electron chi connectivity index (χ1n) is 8.58. The van der Waals surface area contributed by atoms with Crippen LogP contribution in [0.3, 0.4) is 0 Å². The number of ether oxygens (including phenoxy) is 2. The molecule has 9 heteroatoms. The zero-order valence-corrected chi connectivity index (χ0v) is 16.6. The number of hydrogen-bond donors (Lipinski definition) is 0. The molecule has 7 nitrogen and oxygen atoms in total. The van der Waals surface area contributed by atoms with Crippen molar-refractivity contribution in [2.45, 2.75) is 11.8 Å². The lowest BCUT2D eigenvalue weighted by atomic mass is 10.2. The van der Waals surface area contributed by atoms with Gasteiger partial charge in [0.05, 0.1) is 19.2 Å². The number of fused-ring (bicyclic) bond motifs is 1. The Kier molecular flexibility index (Phi) is 5.40. The Balaban J connectivity index is 1.62. The number of benzene rings is 2. The lowest BCUT2D eigenvalue weighted by molar-refractivity contribution is 0.0949. The first-order chi connectivity index (χ1) is 13.7. The molecule has 28 heavy (non-hydrogen) atoms. The topological polar surface area (TPSA) is 69.5 Å². The number of amides is 1. The third-order valence-corrected chi connectivity index (χ3v) is 5.32. The fourth-order valence-electron chi connectivity index (χ4n) is 2.90. The van der Waals surface area contributed by atoms with Gasteiger partial charge in [0, 0.05) is 10.8 Å². The van der Waals surface area contributed by atoms with Crippen LogP contribution in [-0.2, 0) is 6.61 Å². The summed E-state index contributed by atoms with van der Waals surface area (Å²) in [6.45, 7) is 0.681. The fraction of sp³-hybridized carbons (Fsp3) is 0.211. The van der Waals surface area contributed by atoms with Crippen LogP contribution in [0.4, 0.5) is 0 Å². The number of carbonyl (C=O) groups is 1. The summed E-state index contributed by atoms with van der Waals surface area (Å²) in [5.74, 6) is 2.23. The molecular weight excluding hydrogens is 400 g/mol. The van der Waals surface area contributed by atoms with E-state index in [4.69, 9.17) is 21.1 Å². The van der Waals surface area contributed by atoms with Crippen molar-refractivity contribution in [3.63, 3.8) is 0 Å². The largest absolute Gasteiger partial charge is 0.496 e. The number of aromatic nitrogens is 3. The summed E-state index contributed by atoms with van der Waals surface area (Å²) < 4.78 is 12.9. The van der Waals surface area contributed by atoms with E-state index in [-0.39, 0.29) is 12.5 Å². The summed E-state index contributed by atoms with van der Waals surface area (Å²) in [6, 6.07) is 14.3. The molecule has 4 rings (SSSR count). The number of nitrogens with zero attached hydrogens (tertiary/aromatic N) is 4. The standard InChI is InChI=1S/C19H17ClN4O3S/c1-26-16-8-3-2-7-15(16)18(25)23-9-10-28-19-22-21-17(24(19)23)12-27-14-6-4-5-13(20)11-14/h2-8,11H,9-10,12H2,1H3. The van der Waals surface area contributed by atoms with Crippen LogP contribution < -0.4 is 14.5 Å². The van der Waals surface area contributed by atoms with Crippen molar-refractivity contribution in [2.75, 3.05) is 24.4 Å². The molecule has 144 valence electrons. The fourth-order valence-corrected chi connectivity index (χ4v) is 3.95. The number of rotatable bonds is 5. The molecule has 0 radical (unpaired) electrons. The van der Waals surface area contributed by atoms with Crippen molar-refractivity contribution in [3.05, 3.63) is 64.9 Å². The molecule has 3 aromatic rings. The van der Waals surface area contributed by atoms with Gasteiger partial charge in [-0.15, -0.1) is 10.2 Å². The van der Waals surface area contributed by atoms with Crippen molar-refractivity contribution in [2.24, 2.45) is 0 Å². The highest BCUT2D eigenvalue weighted by Gasteiger charge is 2.29. The Morgan fingerprint density at radius 1 is 1.21 bits per heavy atom. The number of carbonyl (C=O) groups excluding carboxylic acids is 1. The van der Waals surface area contributed by atoms with E-state index < -0.39 is 0 Å². The predicted molar refractivity (Wildman–Crippen MR) is 107 cm³/mol. The highest BCUT2D eigenvalue weighted by Crippen LogP contribution is 2.27. The minimum absolute atomic E-state index is 0.156. The van der Waals surface area contributed by atoms with Gasteiger partial charge < -0.3 is 9.47 Å². The summed E-state index contributed by atoms with van der Waals surface area (Å²) in [5, 5.41) is 11.3. The molecule has 2 heterocycles. The number of hydrogen-bond acceptors (Lipinski definition) is 6. The highest BCUT2D eigenvalue weighted by atomic mass is 35.5. The van der Waals surface area contributed by atoms with E-state index in [0.717, 1.165) is 5.75 Å². The van der Waals surface area contributed by atoms with Crippen molar-refractivity contribution < 1.29 is 14.3 Å². The Morgan fingerprint density at radius 2 is 2.07 bits per heavy atom. The van der Waals surface area contributed by atoms with E-state index in [1.807, 2.05) is 24.3 Å². The molecular formula is C19H17ClN4O3S. The van der Waals surface area contributed by atoms with Gasteiger partial charge in [-0.3, -0.25) is 4.79 Å². The lowest BCUT2D eigenvalue weighted by Crippen LogP contribution is -2.45. The van der Waals surface area contributed by atoms with Gasteiger partial charge in [0.25, 0.3) is 5.91 Å². The van der Waals surface area contributed by atoms with Crippen LogP contribution in [0.5, 0.6) is 11.5 Å². The van der Waals surface area contributed by atoms with Crippen LogP contribution in [-0.4, -0.2) is 40.2 Å². The Hall–Kier alpha value is -2.71. The molecule has 0 unspecified atom stereocenters. The first kappa shape index (κ1) is 18.6. The lowest BCUT2D eigenvalue weighted by Gasteiger charge is -2.29. The molecule has 0 N–H and O–H groups in total. The molecule has 0 fully saturated rings. The van der Waals surface area contributed by atoms with Crippen LogP contribution in [0.15, 0.2) is 53.7 Å². The Morgan fingerprint density at radius 3 is 2.89 bits per heavy atom. The van der Waals surface area contributed by atoms with E-state index in [1.165, 1.54) is 0 Å². The second-order valence-corrected chi connectivity index (χ2v) is 7.43. The zero-order chi connectivity index (χ0) is 19.5. The van der Waals surface area contributed by atoms with E-state index in [2.05, 4.69) is 10.2 Å². The number of para-hydroxylation sites is 1. The molecule has 1 aliphatic rings. The van der Waals surface area contributed by atoms with Gasteiger partial charge in [-0.2, -0.15) is 0 Å². The molecule has 1 aromatic heterocycles. The van der Waals surface area contributed by atoms with Crippen molar-refractivity contribution in [1.29, 1.82) is 0 Å². The minimum atomic E-state index is -0.178. The monoisotopic (exact) mass is 416 g/mol. The molecule has 0 spiro atoms. The van der Waals surface area contributed by atoms with E-state index in [9.17, 15) is 4.79 Å². The first-order valence-corrected chi connectivity index (χ1v) is 9.94. The maximum Gasteiger partial charge on any atom is 0.276 e. The minimum Gasteiger partial charge on any atom is -0.496 e. The maximum absolute atomic E-state index is 13.2. The normalized spacial score (nSPS) is 13.1. The summed E-state index contributed by atoms with van der Waals surface area (Å²) >= 11 is 7.55. The zero-order valence-electron chi connectivity index (χ0n) is 15.0. The maximum atomic E-state index is 13.2. The average Bonchev–Trinajstić information content (AvgIpc) is 3.15. The van der Waals surface area contributed by atoms with E-state index >= 15 is 0 Å². The molecule has 0 aliphatic carbocycles. The molecule has 2 aromatic carbocycles. The van der Waals surface area contributed by atoms with Crippen molar-refractivity contribution in [1.82, 2.24) is 14.9 Å². The van der Waals surface area contributed by atoms with Crippen molar-refractivity contribution >= 4 is 29.3 Å². The molecule has 0 bridgehead atoms. The summed E-state index contributed by atoms with van der Waals surface area (Å²) in [5.41, 5.74) is 0.484. The van der Waals surface area contributed by atoms with Crippen LogP contribution in [0.1, 0.15) is 16.2 Å². The Labute approximate surface area is 171 Å². The van der Waals surface area contributed by atoms with Crippen LogP contribution in [0.25, 0.3) is 0 Å².